The van der Waals surface area contributed by atoms with Crippen LogP contribution in [0.1, 0.15) is 61.8 Å². The number of ether oxygens (including phenoxy) is 1. The first kappa shape index (κ1) is 32.6. The molecule has 0 saturated carbocycles. The van der Waals surface area contributed by atoms with Crippen LogP contribution in [0.3, 0.4) is 0 Å². The van der Waals surface area contributed by atoms with E-state index in [0.717, 1.165) is 12.3 Å². The molecule has 3 rings (SSSR count). The summed E-state index contributed by atoms with van der Waals surface area (Å²) in [5.74, 6) is -4.89. The van der Waals surface area contributed by atoms with Gasteiger partial charge in [0, 0.05) is 42.6 Å². The van der Waals surface area contributed by atoms with E-state index in [0.29, 0.717) is 12.6 Å². The number of alkyl halides is 2. The minimum atomic E-state index is -3.28. The van der Waals surface area contributed by atoms with Crippen LogP contribution in [0.25, 0.3) is 0 Å². The van der Waals surface area contributed by atoms with Crippen molar-refractivity contribution < 1.29 is 26.9 Å². The fourth-order valence-corrected chi connectivity index (χ4v) is 3.98. The molecular weight excluding hydrogens is 517 g/mol. The molecular formula is C27H35F3N4O3S. The van der Waals surface area contributed by atoms with E-state index in [2.05, 4.69) is 9.97 Å². The van der Waals surface area contributed by atoms with Crippen LogP contribution in [0.2, 0.25) is 0 Å². The lowest BCUT2D eigenvalue weighted by Crippen LogP contribution is -2.29. The molecule has 1 amide bonds. The highest BCUT2D eigenvalue weighted by atomic mass is 32.2. The highest BCUT2D eigenvalue weighted by molar-refractivity contribution is 7.91. The Bertz CT molecular complexity index is 1370. The number of carbonyl (C=O) groups is 1. The van der Waals surface area contributed by atoms with Gasteiger partial charge in [0.15, 0.2) is 5.75 Å². The Balaban J connectivity index is 0.00000172. The van der Waals surface area contributed by atoms with Gasteiger partial charge < -0.3 is 9.64 Å². The van der Waals surface area contributed by atoms with Crippen LogP contribution >= 0.6 is 0 Å². The number of hydrogen-bond acceptors (Lipinski definition) is 6. The Kier molecular flexibility index (Phi) is 11.4. The quantitative estimate of drug-likeness (QED) is 0.319. The van der Waals surface area contributed by atoms with Gasteiger partial charge in [0.25, 0.3) is 11.8 Å². The maximum atomic E-state index is 14.2. The van der Waals surface area contributed by atoms with Crippen LogP contribution in [0.15, 0.2) is 47.5 Å². The summed E-state index contributed by atoms with van der Waals surface area (Å²) in [6.45, 7) is 11.5. The third-order valence-electron chi connectivity index (χ3n) is 5.16. The van der Waals surface area contributed by atoms with E-state index in [1.807, 2.05) is 27.7 Å². The number of nitrogens with zero attached hydrogens (tertiary/aromatic N) is 3. The van der Waals surface area contributed by atoms with Gasteiger partial charge in [-0.25, -0.2) is 27.7 Å². The molecule has 7 nitrogen and oxygen atoms in total. The van der Waals surface area contributed by atoms with E-state index in [4.69, 9.17) is 9.52 Å². The van der Waals surface area contributed by atoms with Crippen LogP contribution in [-0.4, -0.2) is 33.4 Å². The normalized spacial score (nSPS) is 12.2. The van der Waals surface area contributed by atoms with E-state index < -0.39 is 33.1 Å². The van der Waals surface area contributed by atoms with Crippen molar-refractivity contribution in [1.82, 2.24) is 9.97 Å². The van der Waals surface area contributed by atoms with Gasteiger partial charge in [0.2, 0.25) is 11.8 Å². The van der Waals surface area contributed by atoms with Gasteiger partial charge in [-0.1, -0.05) is 33.8 Å². The molecule has 2 heterocycles. The lowest BCUT2D eigenvalue weighted by Gasteiger charge is -2.23. The molecule has 11 heteroatoms. The number of aromatic nitrogens is 2. The van der Waals surface area contributed by atoms with Gasteiger partial charge in [-0.3, -0.25) is 4.79 Å². The first-order valence-electron chi connectivity index (χ1n) is 12.0. The van der Waals surface area contributed by atoms with Crippen molar-refractivity contribution in [1.29, 1.82) is 4.78 Å². The van der Waals surface area contributed by atoms with Crippen LogP contribution in [0.5, 0.6) is 11.6 Å². The molecule has 1 N–H and O–H groups in total. The maximum absolute atomic E-state index is 14.2. The summed E-state index contributed by atoms with van der Waals surface area (Å²) in [5, 5.41) is 0. The number of halogens is 3. The minimum absolute atomic E-state index is 0.0435. The van der Waals surface area contributed by atoms with Crippen molar-refractivity contribution in [2.24, 2.45) is 0 Å². The van der Waals surface area contributed by atoms with Crippen LogP contribution in [-0.2, 0) is 15.7 Å². The van der Waals surface area contributed by atoms with Crippen molar-refractivity contribution in [2.75, 3.05) is 18.2 Å². The van der Waals surface area contributed by atoms with E-state index in [1.165, 1.54) is 50.2 Å². The molecule has 1 aromatic carbocycles. The molecule has 0 aliphatic carbocycles. The standard InChI is InChI=1S/C23H23F3N4O3S.2C2H6/c1-13-17(23(3,25)26)12-28-21(33-18-9-10-19(24)29-14(18)2)20(13)22(31)30(4)15-7-6-8-16(11-15)34(5,27)32;2*1-2/h6-12,27H,1-5H3;2*1-2H3. The predicted octanol–water partition coefficient (Wildman–Crippen LogP) is 7.50. The molecule has 3 aromatic rings. The number of carbonyl (C=O) groups excluding carboxylic acids is 1. The Morgan fingerprint density at radius 3 is 2.24 bits per heavy atom. The zero-order valence-electron chi connectivity index (χ0n) is 23.1. The Labute approximate surface area is 223 Å². The summed E-state index contributed by atoms with van der Waals surface area (Å²) in [6, 6.07) is 8.38. The van der Waals surface area contributed by atoms with E-state index in [1.54, 1.807) is 12.1 Å². The second kappa shape index (κ2) is 13.4. The Morgan fingerprint density at radius 2 is 1.71 bits per heavy atom. The lowest BCUT2D eigenvalue weighted by atomic mass is 10.00. The molecule has 38 heavy (non-hydrogen) atoms. The fourth-order valence-electron chi connectivity index (χ4n) is 3.30. The lowest BCUT2D eigenvalue weighted by molar-refractivity contribution is 0.0163. The average molecular weight is 553 g/mol. The third kappa shape index (κ3) is 7.77. The first-order chi connectivity index (χ1) is 17.7. The summed E-state index contributed by atoms with van der Waals surface area (Å²) in [5.41, 5.74) is -0.251. The van der Waals surface area contributed by atoms with Gasteiger partial charge in [-0.2, -0.15) is 4.39 Å². The smallest absolute Gasteiger partial charge is 0.272 e. The molecule has 0 aliphatic heterocycles. The zero-order chi connectivity index (χ0) is 29.4. The highest BCUT2D eigenvalue weighted by Gasteiger charge is 2.33. The average Bonchev–Trinajstić information content (AvgIpc) is 2.86. The van der Waals surface area contributed by atoms with Crippen molar-refractivity contribution in [3.63, 3.8) is 0 Å². The predicted molar refractivity (Wildman–Crippen MR) is 144 cm³/mol. The number of anilines is 1. The molecule has 0 fully saturated rings. The molecule has 1 atom stereocenters. The minimum Gasteiger partial charge on any atom is -0.436 e. The van der Waals surface area contributed by atoms with Gasteiger partial charge in [0.05, 0.1) is 15.4 Å². The number of aryl methyl sites for hydroxylation is 1. The molecule has 0 bridgehead atoms. The van der Waals surface area contributed by atoms with E-state index in [9.17, 15) is 22.2 Å². The number of hydrogen-bond donors (Lipinski definition) is 1. The second-order valence-corrected chi connectivity index (χ2v) is 10.0. The van der Waals surface area contributed by atoms with Crippen molar-refractivity contribution >= 4 is 21.3 Å². The molecule has 0 aliphatic rings. The maximum Gasteiger partial charge on any atom is 0.272 e. The number of pyridine rings is 2. The topological polar surface area (TPSA) is 96.2 Å². The first-order valence-corrected chi connectivity index (χ1v) is 14.0. The molecule has 2 aromatic heterocycles. The van der Waals surface area contributed by atoms with Crippen LogP contribution in [0, 0.1) is 24.6 Å². The largest absolute Gasteiger partial charge is 0.436 e. The number of nitrogens with one attached hydrogen (secondary N) is 1. The molecule has 0 saturated heterocycles. The Morgan fingerprint density at radius 1 is 1.11 bits per heavy atom. The monoisotopic (exact) mass is 552 g/mol. The summed E-state index contributed by atoms with van der Waals surface area (Å²) in [4.78, 5) is 22.5. The van der Waals surface area contributed by atoms with Gasteiger partial charge >= 0.3 is 0 Å². The van der Waals surface area contributed by atoms with Crippen LogP contribution < -0.4 is 9.64 Å². The second-order valence-electron chi connectivity index (χ2n) is 7.89. The van der Waals surface area contributed by atoms with Crippen molar-refractivity contribution in [2.45, 2.75) is 59.3 Å². The van der Waals surface area contributed by atoms with E-state index >= 15 is 0 Å². The molecule has 1 unspecified atom stereocenters. The molecule has 0 radical (unpaired) electrons. The van der Waals surface area contributed by atoms with Gasteiger partial charge in [-0.05, 0) is 49.7 Å². The number of benzene rings is 1. The van der Waals surface area contributed by atoms with Gasteiger partial charge in [-0.15, -0.1) is 0 Å². The summed E-state index contributed by atoms with van der Waals surface area (Å²) in [7, 11) is -1.64. The molecule has 208 valence electrons. The SMILES string of the molecule is CC.CC.Cc1nc(F)ccc1Oc1ncc(C(C)(F)F)c(C)c1C(=O)N(C)c1cccc(S(C)(=N)=O)c1. The Hall–Kier alpha value is -3.47. The van der Waals surface area contributed by atoms with Crippen LogP contribution in [0.4, 0.5) is 18.9 Å². The van der Waals surface area contributed by atoms with E-state index in [-0.39, 0.29) is 33.3 Å². The number of rotatable bonds is 6. The summed E-state index contributed by atoms with van der Waals surface area (Å²) in [6.07, 6.45) is 2.18. The van der Waals surface area contributed by atoms with Crippen molar-refractivity contribution in [3.05, 3.63) is 70.9 Å². The van der Waals surface area contributed by atoms with Gasteiger partial charge in [0.1, 0.15) is 5.56 Å². The van der Waals surface area contributed by atoms with Crippen molar-refractivity contribution in [3.8, 4) is 11.6 Å². The third-order valence-corrected chi connectivity index (χ3v) is 6.31. The summed E-state index contributed by atoms with van der Waals surface area (Å²) >= 11 is 0. The summed E-state index contributed by atoms with van der Waals surface area (Å²) < 4.78 is 67.5. The fraction of sp³-hybridized carbons (Fsp3) is 0.370. The number of amides is 1. The zero-order valence-corrected chi connectivity index (χ0v) is 24.0. The highest BCUT2D eigenvalue weighted by Crippen LogP contribution is 2.36. The molecule has 0 spiro atoms.